The first kappa shape index (κ1) is 15.4. The van der Waals surface area contributed by atoms with Gasteiger partial charge in [-0.2, -0.15) is 0 Å². The van der Waals surface area contributed by atoms with Crippen LogP contribution in [-0.4, -0.2) is 23.9 Å². The topological polar surface area (TPSA) is 47.0 Å². The van der Waals surface area contributed by atoms with Gasteiger partial charge < -0.3 is 10.1 Å². The minimum absolute atomic E-state index is 0.109. The molecule has 5 heteroatoms. The van der Waals surface area contributed by atoms with E-state index in [1.54, 1.807) is 26.2 Å². The molecule has 0 saturated carbocycles. The molecule has 1 atom stereocenters. The number of nitrogens with one attached hydrogen (secondary N) is 1. The summed E-state index contributed by atoms with van der Waals surface area (Å²) in [5.41, 5.74) is 2.38. The number of methoxy groups -OCH3 is 1. The number of nitrogens with zero attached hydrogens (tertiary/aromatic N) is 2. The lowest BCUT2D eigenvalue weighted by Gasteiger charge is -2.19. The minimum atomic E-state index is -0.200. The molecule has 21 heavy (non-hydrogen) atoms. The van der Waals surface area contributed by atoms with Crippen molar-refractivity contribution in [3.05, 3.63) is 53.0 Å². The molecule has 1 aromatic carbocycles. The quantitative estimate of drug-likeness (QED) is 0.888. The molecule has 2 aromatic rings. The zero-order valence-electron chi connectivity index (χ0n) is 12.6. The molecule has 1 unspecified atom stereocenters. The molecule has 0 radical (unpaired) electrons. The molecule has 112 valence electrons. The molecule has 4 nitrogen and oxygen atoms in total. The number of hydrogen-bond donors (Lipinski definition) is 1. The summed E-state index contributed by atoms with van der Waals surface area (Å²) in [7, 11) is 1.56. The van der Waals surface area contributed by atoms with Gasteiger partial charge in [0.15, 0.2) is 0 Å². The summed E-state index contributed by atoms with van der Waals surface area (Å²) in [6.45, 7) is 4.70. The van der Waals surface area contributed by atoms with Crippen molar-refractivity contribution in [2.45, 2.75) is 26.3 Å². The molecular formula is C16H20FN3O. The molecule has 2 rings (SSSR count). The fourth-order valence-electron chi connectivity index (χ4n) is 2.12. The van der Waals surface area contributed by atoms with E-state index in [2.05, 4.69) is 22.4 Å². The average molecular weight is 289 g/mol. The molecule has 0 aliphatic rings. The van der Waals surface area contributed by atoms with E-state index in [-0.39, 0.29) is 11.9 Å². The first-order chi connectivity index (χ1) is 10.2. The van der Waals surface area contributed by atoms with Gasteiger partial charge in [0.05, 0.1) is 18.8 Å². The lowest BCUT2D eigenvalue weighted by Crippen LogP contribution is -2.24. The van der Waals surface area contributed by atoms with Gasteiger partial charge in [0.2, 0.25) is 5.88 Å². The maximum atomic E-state index is 13.5. The van der Waals surface area contributed by atoms with Gasteiger partial charge >= 0.3 is 0 Å². The smallest absolute Gasteiger partial charge is 0.233 e. The van der Waals surface area contributed by atoms with E-state index in [0.29, 0.717) is 11.4 Å². The average Bonchev–Trinajstić information content (AvgIpc) is 2.51. The summed E-state index contributed by atoms with van der Waals surface area (Å²) >= 11 is 0. The zero-order chi connectivity index (χ0) is 15.2. The predicted molar refractivity (Wildman–Crippen MR) is 79.9 cm³/mol. The van der Waals surface area contributed by atoms with E-state index in [1.165, 1.54) is 6.07 Å². The Morgan fingerprint density at radius 2 is 2.05 bits per heavy atom. The summed E-state index contributed by atoms with van der Waals surface area (Å²) in [6.07, 6.45) is 1.00. The maximum Gasteiger partial charge on any atom is 0.233 e. The van der Waals surface area contributed by atoms with Crippen LogP contribution in [0.25, 0.3) is 0 Å². The summed E-state index contributed by atoms with van der Waals surface area (Å²) in [5, 5.41) is 11.6. The van der Waals surface area contributed by atoms with Crippen LogP contribution in [-0.2, 0) is 0 Å². The molecule has 1 heterocycles. The lowest BCUT2D eigenvalue weighted by atomic mass is 10.0. The normalized spacial score (nSPS) is 12.2. The summed E-state index contributed by atoms with van der Waals surface area (Å²) in [4.78, 5) is 0. The lowest BCUT2D eigenvalue weighted by molar-refractivity contribution is 0.390. The maximum absolute atomic E-state index is 13.5. The van der Waals surface area contributed by atoms with E-state index in [0.717, 1.165) is 24.2 Å². The second-order valence-corrected chi connectivity index (χ2v) is 4.90. The van der Waals surface area contributed by atoms with Crippen molar-refractivity contribution in [2.24, 2.45) is 0 Å². The van der Waals surface area contributed by atoms with Gasteiger partial charge in [-0.1, -0.05) is 19.1 Å². The van der Waals surface area contributed by atoms with Crippen LogP contribution in [0.15, 0.2) is 30.3 Å². The standard InChI is InChI=1S/C16H20FN3O/c1-4-9-18-16(12-5-6-13(17)11(2)10-12)14-7-8-15(21-3)20-19-14/h5-8,10,16,18H,4,9H2,1-3H3. The van der Waals surface area contributed by atoms with Crippen LogP contribution in [0.1, 0.15) is 36.2 Å². The Kier molecular flexibility index (Phi) is 5.22. The fraction of sp³-hybridized carbons (Fsp3) is 0.375. The second kappa shape index (κ2) is 7.13. The highest BCUT2D eigenvalue weighted by Gasteiger charge is 2.16. The highest BCUT2D eigenvalue weighted by Crippen LogP contribution is 2.23. The summed E-state index contributed by atoms with van der Waals surface area (Å²) < 4.78 is 18.5. The van der Waals surface area contributed by atoms with Gasteiger partial charge in [0, 0.05) is 6.07 Å². The molecule has 0 amide bonds. The van der Waals surface area contributed by atoms with E-state index >= 15 is 0 Å². The van der Waals surface area contributed by atoms with Crippen LogP contribution in [0, 0.1) is 12.7 Å². The molecular weight excluding hydrogens is 269 g/mol. The monoisotopic (exact) mass is 289 g/mol. The zero-order valence-corrected chi connectivity index (χ0v) is 12.6. The van der Waals surface area contributed by atoms with E-state index < -0.39 is 0 Å². The largest absolute Gasteiger partial charge is 0.480 e. The van der Waals surface area contributed by atoms with Crippen LogP contribution in [0.5, 0.6) is 5.88 Å². The Bertz CT molecular complexity index is 587. The highest BCUT2D eigenvalue weighted by atomic mass is 19.1. The first-order valence-electron chi connectivity index (χ1n) is 7.02. The Hall–Kier alpha value is -2.01. The van der Waals surface area contributed by atoms with Crippen molar-refractivity contribution in [3.8, 4) is 5.88 Å². The minimum Gasteiger partial charge on any atom is -0.480 e. The highest BCUT2D eigenvalue weighted by molar-refractivity contribution is 5.32. The Labute approximate surface area is 124 Å². The number of rotatable bonds is 6. The number of aromatic nitrogens is 2. The summed E-state index contributed by atoms with van der Waals surface area (Å²) in [5.74, 6) is 0.275. The number of ether oxygens (including phenoxy) is 1. The van der Waals surface area contributed by atoms with E-state index in [4.69, 9.17) is 4.74 Å². The number of halogens is 1. The molecule has 0 spiro atoms. The molecule has 0 fully saturated rings. The van der Waals surface area contributed by atoms with Crippen molar-refractivity contribution in [3.63, 3.8) is 0 Å². The van der Waals surface area contributed by atoms with Gasteiger partial charge in [0.25, 0.3) is 0 Å². The van der Waals surface area contributed by atoms with Crippen molar-refractivity contribution in [1.29, 1.82) is 0 Å². The van der Waals surface area contributed by atoms with Crippen molar-refractivity contribution in [1.82, 2.24) is 15.5 Å². The van der Waals surface area contributed by atoms with Gasteiger partial charge in [-0.15, -0.1) is 10.2 Å². The number of benzene rings is 1. The second-order valence-electron chi connectivity index (χ2n) is 4.90. The molecule has 0 saturated heterocycles. The van der Waals surface area contributed by atoms with Gasteiger partial charge in [0.1, 0.15) is 5.82 Å². The third-order valence-corrected chi connectivity index (χ3v) is 3.28. The van der Waals surface area contributed by atoms with Crippen LogP contribution in [0.4, 0.5) is 4.39 Å². The molecule has 0 aliphatic heterocycles. The Morgan fingerprint density at radius 1 is 1.24 bits per heavy atom. The number of hydrogen-bond acceptors (Lipinski definition) is 4. The van der Waals surface area contributed by atoms with E-state index in [9.17, 15) is 4.39 Å². The van der Waals surface area contributed by atoms with E-state index in [1.807, 2.05) is 12.1 Å². The van der Waals surface area contributed by atoms with Crippen molar-refractivity contribution in [2.75, 3.05) is 13.7 Å². The molecule has 0 aliphatic carbocycles. The summed E-state index contributed by atoms with van der Waals surface area (Å²) in [6, 6.07) is 8.65. The molecule has 1 N–H and O–H groups in total. The SMILES string of the molecule is CCCNC(c1ccc(F)c(C)c1)c1ccc(OC)nn1. The van der Waals surface area contributed by atoms with Crippen LogP contribution in [0.3, 0.4) is 0 Å². The fourth-order valence-corrected chi connectivity index (χ4v) is 2.12. The first-order valence-corrected chi connectivity index (χ1v) is 7.02. The van der Waals surface area contributed by atoms with Crippen LogP contribution >= 0.6 is 0 Å². The van der Waals surface area contributed by atoms with Crippen molar-refractivity contribution >= 4 is 0 Å². The van der Waals surface area contributed by atoms with Crippen LogP contribution < -0.4 is 10.1 Å². The third-order valence-electron chi connectivity index (χ3n) is 3.28. The number of aryl methyl sites for hydroxylation is 1. The van der Waals surface area contributed by atoms with Gasteiger partial charge in [-0.25, -0.2) is 4.39 Å². The van der Waals surface area contributed by atoms with Crippen molar-refractivity contribution < 1.29 is 9.13 Å². The predicted octanol–water partition coefficient (Wildman–Crippen LogP) is 3.02. The van der Waals surface area contributed by atoms with Gasteiger partial charge in [-0.05, 0) is 43.1 Å². The third kappa shape index (κ3) is 3.76. The Balaban J connectivity index is 2.33. The Morgan fingerprint density at radius 3 is 2.62 bits per heavy atom. The molecule has 1 aromatic heterocycles. The van der Waals surface area contributed by atoms with Crippen LogP contribution in [0.2, 0.25) is 0 Å². The molecule has 0 bridgehead atoms. The van der Waals surface area contributed by atoms with Gasteiger partial charge in [-0.3, -0.25) is 0 Å².